The molecule has 0 N–H and O–H groups in total. The Labute approximate surface area is 133 Å². The zero-order chi connectivity index (χ0) is 14.1. The smallest absolute Gasteiger partial charge is 0.138 e. The van der Waals surface area contributed by atoms with E-state index in [1.807, 2.05) is 37.9 Å². The topological polar surface area (TPSA) is 35.6 Å². The lowest BCUT2D eigenvalue weighted by molar-refractivity contribution is 0.574. The van der Waals surface area contributed by atoms with Gasteiger partial charge in [0.15, 0.2) is 0 Å². The molecule has 0 saturated heterocycles. The van der Waals surface area contributed by atoms with Crippen molar-refractivity contribution in [3.8, 4) is 0 Å². The minimum atomic E-state index is -0.233. The fourth-order valence-electron chi connectivity index (χ4n) is 2.16. The van der Waals surface area contributed by atoms with E-state index in [4.69, 9.17) is 11.6 Å². The number of halogens is 3. The van der Waals surface area contributed by atoms with Crippen LogP contribution in [0.25, 0.3) is 11.0 Å². The van der Waals surface area contributed by atoms with Crippen LogP contribution in [0.4, 0.5) is 4.39 Å². The van der Waals surface area contributed by atoms with Gasteiger partial charge in [-0.25, -0.2) is 14.4 Å². The van der Waals surface area contributed by atoms with Gasteiger partial charge in [0.1, 0.15) is 11.6 Å². The molecule has 0 atom stereocenters. The van der Waals surface area contributed by atoms with Gasteiger partial charge < -0.3 is 9.13 Å². The van der Waals surface area contributed by atoms with Crippen LogP contribution in [0.1, 0.15) is 5.82 Å². The molecule has 0 radical (unpaired) electrons. The van der Waals surface area contributed by atoms with Gasteiger partial charge in [-0.1, -0.05) is 0 Å². The molecule has 3 rings (SSSR count). The Hall–Kier alpha value is -1.15. The molecule has 0 aliphatic heterocycles. The van der Waals surface area contributed by atoms with Crippen molar-refractivity contribution in [3.63, 3.8) is 0 Å². The third kappa shape index (κ3) is 2.54. The van der Waals surface area contributed by atoms with Crippen molar-refractivity contribution in [3.05, 3.63) is 46.1 Å². The van der Waals surface area contributed by atoms with Crippen molar-refractivity contribution in [2.45, 2.75) is 19.0 Å². The summed E-state index contributed by atoms with van der Waals surface area (Å²) < 4.78 is 18.2. The van der Waals surface area contributed by atoms with Gasteiger partial charge >= 0.3 is 0 Å². The van der Waals surface area contributed by atoms with Gasteiger partial charge in [-0.3, -0.25) is 0 Å². The van der Waals surface area contributed by atoms with Gasteiger partial charge in [0.25, 0.3) is 0 Å². The molecule has 1 aromatic carbocycles. The first kappa shape index (κ1) is 13.8. The summed E-state index contributed by atoms with van der Waals surface area (Å²) in [6, 6.07) is 3.27. The first-order valence-corrected chi connectivity index (χ1v) is 7.66. The standard InChI is InChI=1S/C13H11ClFIN4/c14-7-13-18-11-6-10(16)9(15)5-12(11)20(13)4-3-19-2-1-17-8-19/h1-2,5-6,8H,3-4,7H2. The second-order valence-corrected chi connectivity index (χ2v) is 5.80. The maximum Gasteiger partial charge on any atom is 0.138 e. The number of nitrogens with zero attached hydrogens (tertiary/aromatic N) is 4. The molecule has 20 heavy (non-hydrogen) atoms. The van der Waals surface area contributed by atoms with E-state index >= 15 is 0 Å². The molecule has 0 amide bonds. The molecular weight excluding hydrogens is 394 g/mol. The molecule has 0 aliphatic rings. The average molecular weight is 405 g/mol. The van der Waals surface area contributed by atoms with E-state index in [-0.39, 0.29) is 5.82 Å². The van der Waals surface area contributed by atoms with E-state index in [0.29, 0.717) is 16.0 Å². The van der Waals surface area contributed by atoms with Crippen LogP contribution in [-0.4, -0.2) is 19.1 Å². The summed E-state index contributed by atoms with van der Waals surface area (Å²) in [5, 5.41) is 0. The molecule has 0 saturated carbocycles. The Balaban J connectivity index is 2.01. The van der Waals surface area contributed by atoms with Crippen molar-refractivity contribution < 1.29 is 4.39 Å². The van der Waals surface area contributed by atoms with Gasteiger partial charge in [-0.05, 0) is 28.7 Å². The van der Waals surface area contributed by atoms with E-state index in [1.54, 1.807) is 18.6 Å². The van der Waals surface area contributed by atoms with E-state index in [9.17, 15) is 4.39 Å². The van der Waals surface area contributed by atoms with Gasteiger partial charge in [0.05, 0.1) is 26.8 Å². The number of aromatic nitrogens is 4. The van der Waals surface area contributed by atoms with Gasteiger partial charge in [0, 0.05) is 31.5 Å². The van der Waals surface area contributed by atoms with Gasteiger partial charge in [-0.15, -0.1) is 11.6 Å². The molecule has 0 fully saturated rings. The molecule has 7 heteroatoms. The Morgan fingerprint density at radius 3 is 2.85 bits per heavy atom. The predicted octanol–water partition coefficient (Wildman–Crippen LogP) is 3.42. The number of rotatable bonds is 4. The molecule has 104 valence electrons. The Kier molecular flexibility index (Phi) is 3.93. The summed E-state index contributed by atoms with van der Waals surface area (Å²) in [5.74, 6) is 0.822. The molecule has 2 aromatic heterocycles. The van der Waals surface area contributed by atoms with E-state index in [2.05, 4.69) is 9.97 Å². The molecular formula is C13H11ClFIN4. The van der Waals surface area contributed by atoms with Crippen LogP contribution in [-0.2, 0) is 19.0 Å². The highest BCUT2D eigenvalue weighted by atomic mass is 127. The zero-order valence-electron chi connectivity index (χ0n) is 10.4. The maximum atomic E-state index is 13.8. The summed E-state index contributed by atoms with van der Waals surface area (Å²) in [5.41, 5.74) is 1.55. The molecule has 0 spiro atoms. The van der Waals surface area contributed by atoms with Crippen LogP contribution in [0.2, 0.25) is 0 Å². The third-order valence-corrected chi connectivity index (χ3v) is 4.20. The van der Waals surface area contributed by atoms with Gasteiger partial charge in [0.2, 0.25) is 0 Å². The second kappa shape index (κ2) is 5.69. The lowest BCUT2D eigenvalue weighted by Gasteiger charge is -2.08. The van der Waals surface area contributed by atoms with Crippen molar-refractivity contribution in [2.24, 2.45) is 0 Å². The molecule has 4 nitrogen and oxygen atoms in total. The summed E-state index contributed by atoms with van der Waals surface area (Å²) in [6.07, 6.45) is 5.38. The van der Waals surface area contributed by atoms with E-state index in [0.717, 1.165) is 23.4 Å². The number of aryl methyl sites for hydroxylation is 2. The Bertz CT molecular complexity index is 738. The summed E-state index contributed by atoms with van der Waals surface area (Å²) >= 11 is 7.91. The minimum Gasteiger partial charge on any atom is -0.336 e. The fraction of sp³-hybridized carbons (Fsp3) is 0.231. The van der Waals surface area contributed by atoms with Crippen LogP contribution in [0.15, 0.2) is 30.9 Å². The molecule has 2 heterocycles. The lowest BCUT2D eigenvalue weighted by Crippen LogP contribution is -2.08. The monoisotopic (exact) mass is 404 g/mol. The maximum absolute atomic E-state index is 13.8. The van der Waals surface area contributed by atoms with Crippen LogP contribution in [0.5, 0.6) is 0 Å². The van der Waals surface area contributed by atoms with Gasteiger partial charge in [-0.2, -0.15) is 0 Å². The predicted molar refractivity (Wildman–Crippen MR) is 84.2 cm³/mol. The summed E-state index contributed by atoms with van der Waals surface area (Å²) in [4.78, 5) is 8.47. The highest BCUT2D eigenvalue weighted by Crippen LogP contribution is 2.22. The van der Waals surface area contributed by atoms with Crippen molar-refractivity contribution in [1.82, 2.24) is 19.1 Å². The first-order valence-electron chi connectivity index (χ1n) is 6.05. The number of fused-ring (bicyclic) bond motifs is 1. The summed E-state index contributed by atoms with van der Waals surface area (Å²) in [7, 11) is 0. The molecule has 0 unspecified atom stereocenters. The third-order valence-electron chi connectivity index (χ3n) is 3.13. The Morgan fingerprint density at radius 1 is 1.30 bits per heavy atom. The summed E-state index contributed by atoms with van der Waals surface area (Å²) in [6.45, 7) is 1.41. The number of hydrogen-bond acceptors (Lipinski definition) is 2. The molecule has 0 aliphatic carbocycles. The van der Waals surface area contributed by atoms with E-state index < -0.39 is 0 Å². The number of benzene rings is 1. The van der Waals surface area contributed by atoms with Crippen molar-refractivity contribution in [2.75, 3.05) is 0 Å². The van der Waals surface area contributed by atoms with E-state index in [1.165, 1.54) is 6.07 Å². The number of imidazole rings is 2. The SMILES string of the molecule is Fc1cc2c(cc1I)nc(CCl)n2CCn1ccnc1. The fourth-order valence-corrected chi connectivity index (χ4v) is 2.81. The number of hydrogen-bond donors (Lipinski definition) is 0. The Morgan fingerprint density at radius 2 is 2.15 bits per heavy atom. The van der Waals surface area contributed by atoms with Crippen molar-refractivity contribution in [1.29, 1.82) is 0 Å². The molecule has 0 bridgehead atoms. The van der Waals surface area contributed by atoms with Crippen molar-refractivity contribution >= 4 is 45.2 Å². The quantitative estimate of drug-likeness (QED) is 0.493. The minimum absolute atomic E-state index is 0.233. The highest BCUT2D eigenvalue weighted by Gasteiger charge is 2.12. The highest BCUT2D eigenvalue weighted by molar-refractivity contribution is 14.1. The normalized spacial score (nSPS) is 11.3. The second-order valence-electron chi connectivity index (χ2n) is 4.37. The largest absolute Gasteiger partial charge is 0.336 e. The first-order chi connectivity index (χ1) is 9.69. The molecule has 3 aromatic rings. The van der Waals surface area contributed by atoms with Crippen LogP contribution in [0.3, 0.4) is 0 Å². The van der Waals surface area contributed by atoms with Crippen LogP contribution in [0, 0.1) is 9.39 Å². The average Bonchev–Trinajstić information content (AvgIpc) is 3.05. The zero-order valence-corrected chi connectivity index (χ0v) is 13.3. The van der Waals surface area contributed by atoms with Crippen LogP contribution < -0.4 is 0 Å². The van der Waals surface area contributed by atoms with Crippen LogP contribution >= 0.6 is 34.2 Å². The lowest BCUT2D eigenvalue weighted by atomic mass is 10.3. The number of alkyl halides is 1.